The lowest BCUT2D eigenvalue weighted by atomic mass is 10.0. The van der Waals surface area contributed by atoms with E-state index in [2.05, 4.69) is 15.3 Å². The van der Waals surface area contributed by atoms with Crippen LogP contribution in [0.1, 0.15) is 36.8 Å². The zero-order chi connectivity index (χ0) is 23.5. The van der Waals surface area contributed by atoms with Gasteiger partial charge in [0, 0.05) is 30.6 Å². The largest absolute Gasteiger partial charge is 0.457 e. The van der Waals surface area contributed by atoms with Crippen molar-refractivity contribution in [2.45, 2.75) is 31.7 Å². The molecule has 4 N–H and O–H groups in total. The standard InChI is InChI=1S/C26H28N6O2/c27-23(17-10-12-21(13-11-17)34-20-6-2-1-3-7-20)22-24(28)29-16-30-25(22)31-19-5-4-14-32(15-19)26(33)18-8-9-18/h1-3,6-7,10-13,16,18-19,27H,4-5,8-9,14-15H2,(H3,28,29,30,31). The van der Waals surface area contributed by atoms with Crippen molar-refractivity contribution in [3.05, 3.63) is 72.1 Å². The quantitative estimate of drug-likeness (QED) is 0.461. The molecule has 5 rings (SSSR count). The van der Waals surface area contributed by atoms with E-state index < -0.39 is 0 Å². The number of nitrogens with zero attached hydrogens (tertiary/aromatic N) is 3. The summed E-state index contributed by atoms with van der Waals surface area (Å²) in [6, 6.07) is 16.9. The number of carbonyl (C=O) groups excluding carboxylic acids is 1. The number of hydrogen-bond donors (Lipinski definition) is 3. The van der Waals surface area contributed by atoms with E-state index in [9.17, 15) is 4.79 Å². The maximum atomic E-state index is 12.5. The number of piperidine rings is 1. The molecule has 8 heteroatoms. The van der Waals surface area contributed by atoms with Crippen molar-refractivity contribution in [2.75, 3.05) is 24.1 Å². The molecular formula is C26H28N6O2. The van der Waals surface area contributed by atoms with Gasteiger partial charge in [0.1, 0.15) is 29.5 Å². The van der Waals surface area contributed by atoms with Gasteiger partial charge in [-0.3, -0.25) is 10.2 Å². The van der Waals surface area contributed by atoms with Crippen LogP contribution < -0.4 is 15.8 Å². The Hall–Kier alpha value is -3.94. The van der Waals surface area contributed by atoms with E-state index >= 15 is 0 Å². The highest BCUT2D eigenvalue weighted by atomic mass is 16.5. The summed E-state index contributed by atoms with van der Waals surface area (Å²) in [5.41, 5.74) is 7.57. The lowest BCUT2D eigenvalue weighted by Gasteiger charge is -2.34. The second-order valence-electron chi connectivity index (χ2n) is 8.84. The predicted molar refractivity (Wildman–Crippen MR) is 131 cm³/mol. The number of aromatic nitrogens is 2. The molecule has 3 aromatic rings. The Balaban J connectivity index is 1.31. The molecule has 1 unspecified atom stereocenters. The Kier molecular flexibility index (Phi) is 6.12. The van der Waals surface area contributed by atoms with Crippen LogP contribution in [0, 0.1) is 11.3 Å². The molecule has 1 aliphatic heterocycles. The topological polar surface area (TPSA) is 117 Å². The number of rotatable bonds is 7. The average molecular weight is 457 g/mol. The summed E-state index contributed by atoms with van der Waals surface area (Å²) in [4.78, 5) is 23.0. The highest BCUT2D eigenvalue weighted by Gasteiger charge is 2.35. The Morgan fingerprint density at radius 3 is 2.50 bits per heavy atom. The van der Waals surface area contributed by atoms with Crippen molar-refractivity contribution in [3.8, 4) is 11.5 Å². The van der Waals surface area contributed by atoms with Gasteiger partial charge in [0.15, 0.2) is 0 Å². The zero-order valence-corrected chi connectivity index (χ0v) is 18.9. The zero-order valence-electron chi connectivity index (χ0n) is 18.9. The van der Waals surface area contributed by atoms with Crippen LogP contribution in [0.4, 0.5) is 11.6 Å². The van der Waals surface area contributed by atoms with Crippen molar-refractivity contribution in [3.63, 3.8) is 0 Å². The number of nitrogens with two attached hydrogens (primary N) is 1. The van der Waals surface area contributed by atoms with Crippen LogP contribution in [-0.2, 0) is 4.79 Å². The fourth-order valence-electron chi connectivity index (χ4n) is 4.29. The van der Waals surface area contributed by atoms with Gasteiger partial charge in [-0.2, -0.15) is 0 Å². The molecule has 2 heterocycles. The van der Waals surface area contributed by atoms with Gasteiger partial charge < -0.3 is 20.7 Å². The van der Waals surface area contributed by atoms with Crippen LogP contribution in [-0.4, -0.2) is 45.6 Å². The van der Waals surface area contributed by atoms with Crippen molar-refractivity contribution in [1.29, 1.82) is 5.41 Å². The number of nitrogen functional groups attached to an aromatic ring is 1. The van der Waals surface area contributed by atoms with E-state index in [4.69, 9.17) is 15.9 Å². The van der Waals surface area contributed by atoms with Crippen molar-refractivity contribution in [1.82, 2.24) is 14.9 Å². The van der Waals surface area contributed by atoms with E-state index in [1.165, 1.54) is 6.33 Å². The Morgan fingerprint density at radius 1 is 1.03 bits per heavy atom. The number of carbonyl (C=O) groups is 1. The fraction of sp³-hybridized carbons (Fsp3) is 0.308. The van der Waals surface area contributed by atoms with Crippen LogP contribution >= 0.6 is 0 Å². The third-order valence-electron chi connectivity index (χ3n) is 6.25. The Labute approximate surface area is 198 Å². The lowest BCUT2D eigenvalue weighted by Crippen LogP contribution is -2.46. The molecule has 1 saturated carbocycles. The summed E-state index contributed by atoms with van der Waals surface area (Å²) in [5.74, 6) is 2.67. The van der Waals surface area contributed by atoms with Crippen LogP contribution in [0.15, 0.2) is 60.9 Å². The lowest BCUT2D eigenvalue weighted by molar-refractivity contribution is -0.133. The number of para-hydroxylation sites is 1. The molecule has 1 aromatic heterocycles. The highest BCUT2D eigenvalue weighted by Crippen LogP contribution is 2.32. The SMILES string of the molecule is N=C(c1ccc(Oc2ccccc2)cc1)c1c(N)ncnc1NC1CCCN(C(=O)C2CC2)C1. The molecule has 0 bridgehead atoms. The summed E-state index contributed by atoms with van der Waals surface area (Å²) < 4.78 is 5.85. The first-order valence-electron chi connectivity index (χ1n) is 11.7. The first-order valence-corrected chi connectivity index (χ1v) is 11.7. The molecule has 2 fully saturated rings. The summed E-state index contributed by atoms with van der Waals surface area (Å²) in [5, 5.41) is 12.3. The third-order valence-corrected chi connectivity index (χ3v) is 6.25. The highest BCUT2D eigenvalue weighted by molar-refractivity contribution is 6.16. The number of anilines is 2. The van der Waals surface area contributed by atoms with Crippen molar-refractivity contribution in [2.24, 2.45) is 5.92 Å². The number of nitrogens with one attached hydrogen (secondary N) is 2. The van der Waals surface area contributed by atoms with E-state index in [0.717, 1.165) is 38.0 Å². The van der Waals surface area contributed by atoms with Gasteiger partial charge in [0.05, 0.1) is 11.3 Å². The van der Waals surface area contributed by atoms with Gasteiger partial charge in [-0.05, 0) is 62.1 Å². The van der Waals surface area contributed by atoms with Crippen LogP contribution in [0.2, 0.25) is 0 Å². The second-order valence-corrected chi connectivity index (χ2v) is 8.84. The van der Waals surface area contributed by atoms with Crippen molar-refractivity contribution < 1.29 is 9.53 Å². The van der Waals surface area contributed by atoms with Crippen LogP contribution in [0.3, 0.4) is 0 Å². The third kappa shape index (κ3) is 4.85. The number of likely N-dealkylation sites (tertiary alicyclic amines) is 1. The number of hydrogen-bond acceptors (Lipinski definition) is 7. The molecule has 8 nitrogen and oxygen atoms in total. The minimum absolute atomic E-state index is 0.0546. The average Bonchev–Trinajstić information content (AvgIpc) is 3.70. The first-order chi connectivity index (χ1) is 16.6. The van der Waals surface area contributed by atoms with Crippen LogP contribution in [0.5, 0.6) is 11.5 Å². The molecule has 1 saturated heterocycles. The minimum atomic E-state index is 0.0546. The number of amides is 1. The molecule has 1 atom stereocenters. The predicted octanol–water partition coefficient (Wildman–Crippen LogP) is 4.08. The second kappa shape index (κ2) is 9.51. The number of benzene rings is 2. The van der Waals surface area contributed by atoms with Gasteiger partial charge in [-0.1, -0.05) is 18.2 Å². The molecule has 2 aromatic carbocycles. The monoisotopic (exact) mass is 456 g/mol. The molecule has 0 spiro atoms. The van der Waals surface area contributed by atoms with E-state index in [0.29, 0.717) is 29.2 Å². The first kappa shape index (κ1) is 21.9. The van der Waals surface area contributed by atoms with Gasteiger partial charge in [-0.25, -0.2) is 9.97 Å². The van der Waals surface area contributed by atoms with Gasteiger partial charge in [0.2, 0.25) is 5.91 Å². The molecule has 2 aliphatic rings. The fourth-order valence-corrected chi connectivity index (χ4v) is 4.29. The summed E-state index contributed by atoms with van der Waals surface area (Å²) >= 11 is 0. The van der Waals surface area contributed by atoms with E-state index in [1.54, 1.807) is 0 Å². The summed E-state index contributed by atoms with van der Waals surface area (Å²) in [6.07, 6.45) is 5.28. The van der Waals surface area contributed by atoms with Gasteiger partial charge in [-0.15, -0.1) is 0 Å². The van der Waals surface area contributed by atoms with Gasteiger partial charge in [0.25, 0.3) is 0 Å². The molecule has 1 amide bonds. The molecular weight excluding hydrogens is 428 g/mol. The smallest absolute Gasteiger partial charge is 0.225 e. The summed E-state index contributed by atoms with van der Waals surface area (Å²) in [7, 11) is 0. The normalized spacial score (nSPS) is 17.8. The maximum absolute atomic E-state index is 12.5. The van der Waals surface area contributed by atoms with E-state index in [-0.39, 0.29) is 29.4 Å². The Bertz CT molecular complexity index is 1180. The summed E-state index contributed by atoms with van der Waals surface area (Å²) in [6.45, 7) is 1.44. The molecule has 174 valence electrons. The van der Waals surface area contributed by atoms with Crippen LogP contribution in [0.25, 0.3) is 0 Å². The molecule has 0 radical (unpaired) electrons. The Morgan fingerprint density at radius 2 is 1.76 bits per heavy atom. The number of ether oxygens (including phenoxy) is 1. The maximum Gasteiger partial charge on any atom is 0.225 e. The minimum Gasteiger partial charge on any atom is -0.457 e. The van der Waals surface area contributed by atoms with Gasteiger partial charge >= 0.3 is 0 Å². The molecule has 1 aliphatic carbocycles. The van der Waals surface area contributed by atoms with E-state index in [1.807, 2.05) is 59.5 Å². The van der Waals surface area contributed by atoms with Crippen molar-refractivity contribution >= 4 is 23.3 Å². The molecule has 34 heavy (non-hydrogen) atoms.